The summed E-state index contributed by atoms with van der Waals surface area (Å²) in [5, 5.41) is 12.4. The lowest BCUT2D eigenvalue weighted by molar-refractivity contribution is -0.119. The van der Waals surface area contributed by atoms with Gasteiger partial charge in [0.15, 0.2) is 11.0 Å². The van der Waals surface area contributed by atoms with E-state index in [0.717, 1.165) is 12.8 Å². The van der Waals surface area contributed by atoms with Crippen LogP contribution in [0.4, 0.5) is 0 Å². The van der Waals surface area contributed by atoms with Gasteiger partial charge in [-0.3, -0.25) is 4.79 Å². The fraction of sp³-hybridized carbons (Fsp3) is 0.609. The molecule has 33 heavy (non-hydrogen) atoms. The molecule has 0 fully saturated rings. The molecule has 8 nitrogen and oxygen atoms in total. The number of aromatic nitrogens is 3. The van der Waals surface area contributed by atoms with Gasteiger partial charge in [-0.25, -0.2) is 8.42 Å². The Hall–Kier alpha value is -1.91. The number of thioether (sulfide) groups is 1. The Bertz CT molecular complexity index is 1010. The summed E-state index contributed by atoms with van der Waals surface area (Å²) in [5.41, 5.74) is 0.685. The van der Waals surface area contributed by atoms with E-state index in [1.54, 1.807) is 18.2 Å². The first-order chi connectivity index (χ1) is 15.7. The van der Waals surface area contributed by atoms with Crippen molar-refractivity contribution in [3.05, 3.63) is 24.3 Å². The SMILES string of the molecule is CCC(CC)NC(=O)CSc1nnc(-c2cccc(S(=O)(=O)N(CC)CC)c2)n1CC(C)C. The zero-order valence-corrected chi connectivity index (χ0v) is 22.2. The second-order valence-corrected chi connectivity index (χ2v) is 11.2. The van der Waals surface area contributed by atoms with Gasteiger partial charge in [0.25, 0.3) is 0 Å². The fourth-order valence-electron chi connectivity index (χ4n) is 3.54. The van der Waals surface area contributed by atoms with Crippen molar-refractivity contribution in [2.24, 2.45) is 5.92 Å². The number of sulfonamides is 1. The molecule has 1 aromatic heterocycles. The van der Waals surface area contributed by atoms with Crippen LogP contribution in [0.1, 0.15) is 54.4 Å². The Labute approximate surface area is 202 Å². The molecule has 0 aliphatic heterocycles. The Morgan fingerprint density at radius 1 is 1.12 bits per heavy atom. The number of hydrogen-bond donors (Lipinski definition) is 1. The van der Waals surface area contributed by atoms with E-state index in [0.29, 0.717) is 42.1 Å². The van der Waals surface area contributed by atoms with Gasteiger partial charge < -0.3 is 9.88 Å². The molecule has 1 N–H and O–H groups in total. The van der Waals surface area contributed by atoms with Gasteiger partial charge in [0.2, 0.25) is 15.9 Å². The van der Waals surface area contributed by atoms with Crippen LogP contribution in [0.3, 0.4) is 0 Å². The Morgan fingerprint density at radius 2 is 1.79 bits per heavy atom. The summed E-state index contributed by atoms with van der Waals surface area (Å²) in [5.74, 6) is 1.15. The zero-order valence-electron chi connectivity index (χ0n) is 20.5. The van der Waals surface area contributed by atoms with Gasteiger partial charge in [0.1, 0.15) is 0 Å². The number of benzene rings is 1. The molecular weight excluding hydrogens is 458 g/mol. The minimum Gasteiger partial charge on any atom is -0.353 e. The third-order valence-corrected chi connectivity index (χ3v) is 8.40. The highest BCUT2D eigenvalue weighted by Gasteiger charge is 2.23. The molecule has 10 heteroatoms. The van der Waals surface area contributed by atoms with Crippen LogP contribution in [-0.4, -0.2) is 58.3 Å². The van der Waals surface area contributed by atoms with Gasteiger partial charge in [-0.2, -0.15) is 4.31 Å². The second-order valence-electron chi connectivity index (χ2n) is 8.30. The molecular formula is C23H37N5O3S2. The van der Waals surface area contributed by atoms with Crippen molar-refractivity contribution in [3.8, 4) is 11.4 Å². The maximum Gasteiger partial charge on any atom is 0.243 e. The van der Waals surface area contributed by atoms with Crippen LogP contribution in [0, 0.1) is 5.92 Å². The third kappa shape index (κ3) is 7.04. The smallest absolute Gasteiger partial charge is 0.243 e. The highest BCUT2D eigenvalue weighted by Crippen LogP contribution is 2.27. The van der Waals surface area contributed by atoms with Gasteiger partial charge in [0, 0.05) is 31.2 Å². The van der Waals surface area contributed by atoms with Gasteiger partial charge in [-0.15, -0.1) is 10.2 Å². The number of nitrogens with one attached hydrogen (secondary N) is 1. The molecule has 2 rings (SSSR count). The molecule has 0 aliphatic rings. The number of nitrogens with zero attached hydrogens (tertiary/aromatic N) is 4. The molecule has 0 saturated heterocycles. The molecule has 0 unspecified atom stereocenters. The minimum absolute atomic E-state index is 0.0262. The Balaban J connectivity index is 2.34. The van der Waals surface area contributed by atoms with Gasteiger partial charge >= 0.3 is 0 Å². The van der Waals surface area contributed by atoms with Crippen molar-refractivity contribution in [2.45, 2.75) is 77.0 Å². The topological polar surface area (TPSA) is 97.2 Å². The van der Waals surface area contributed by atoms with E-state index in [2.05, 4.69) is 43.2 Å². The van der Waals surface area contributed by atoms with Crippen LogP contribution < -0.4 is 5.32 Å². The summed E-state index contributed by atoms with van der Waals surface area (Å²) < 4.78 is 29.4. The van der Waals surface area contributed by atoms with Crippen molar-refractivity contribution in [3.63, 3.8) is 0 Å². The largest absolute Gasteiger partial charge is 0.353 e. The first kappa shape index (κ1) is 27.3. The first-order valence-electron chi connectivity index (χ1n) is 11.6. The van der Waals surface area contributed by atoms with Crippen LogP contribution in [0.2, 0.25) is 0 Å². The number of carbonyl (C=O) groups is 1. The molecule has 0 radical (unpaired) electrons. The number of hydrogen-bond acceptors (Lipinski definition) is 6. The zero-order chi connectivity index (χ0) is 24.6. The van der Waals surface area contributed by atoms with Crippen LogP contribution in [0.15, 0.2) is 34.3 Å². The van der Waals surface area contributed by atoms with Crippen LogP contribution in [0.5, 0.6) is 0 Å². The Morgan fingerprint density at radius 3 is 2.36 bits per heavy atom. The van der Waals surface area contributed by atoms with E-state index in [4.69, 9.17) is 0 Å². The average molecular weight is 496 g/mol. The van der Waals surface area contributed by atoms with Crippen molar-refractivity contribution in [2.75, 3.05) is 18.8 Å². The minimum atomic E-state index is -3.58. The fourth-order valence-corrected chi connectivity index (χ4v) is 5.80. The molecule has 184 valence electrons. The second kappa shape index (κ2) is 12.5. The van der Waals surface area contributed by atoms with Crippen LogP contribution in [0.25, 0.3) is 11.4 Å². The lowest BCUT2D eigenvalue weighted by Gasteiger charge is -2.19. The van der Waals surface area contributed by atoms with E-state index in [1.165, 1.54) is 16.1 Å². The lowest BCUT2D eigenvalue weighted by atomic mass is 10.2. The average Bonchev–Trinajstić information content (AvgIpc) is 3.18. The van der Waals surface area contributed by atoms with E-state index in [-0.39, 0.29) is 22.6 Å². The maximum absolute atomic E-state index is 13.0. The predicted molar refractivity (Wildman–Crippen MR) is 134 cm³/mol. The molecule has 1 amide bonds. The van der Waals surface area contributed by atoms with Gasteiger partial charge in [0.05, 0.1) is 10.6 Å². The predicted octanol–water partition coefficient (Wildman–Crippen LogP) is 4.03. The summed E-state index contributed by atoms with van der Waals surface area (Å²) in [7, 11) is -3.58. The normalized spacial score (nSPS) is 12.2. The lowest BCUT2D eigenvalue weighted by Crippen LogP contribution is -2.35. The summed E-state index contributed by atoms with van der Waals surface area (Å²) in [4.78, 5) is 12.6. The monoisotopic (exact) mass is 495 g/mol. The Kier molecular flexibility index (Phi) is 10.4. The van der Waals surface area contributed by atoms with Crippen LogP contribution >= 0.6 is 11.8 Å². The molecule has 0 spiro atoms. The van der Waals surface area contributed by atoms with Crippen molar-refractivity contribution in [1.82, 2.24) is 24.4 Å². The summed E-state index contributed by atoms with van der Waals surface area (Å²) in [6.45, 7) is 13.4. The number of carbonyl (C=O) groups excluding carboxylic acids is 1. The summed E-state index contributed by atoms with van der Waals surface area (Å²) >= 11 is 1.35. The number of rotatable bonds is 13. The molecule has 1 aromatic carbocycles. The van der Waals surface area contributed by atoms with Crippen molar-refractivity contribution in [1.29, 1.82) is 0 Å². The van der Waals surface area contributed by atoms with Crippen molar-refractivity contribution < 1.29 is 13.2 Å². The van der Waals surface area contributed by atoms with Gasteiger partial charge in [-0.1, -0.05) is 65.4 Å². The summed E-state index contributed by atoms with van der Waals surface area (Å²) in [6, 6.07) is 7.02. The molecule has 0 saturated carbocycles. The highest BCUT2D eigenvalue weighted by atomic mass is 32.2. The third-order valence-electron chi connectivity index (χ3n) is 5.38. The summed E-state index contributed by atoms with van der Waals surface area (Å²) in [6.07, 6.45) is 1.79. The number of amides is 1. The first-order valence-corrected chi connectivity index (χ1v) is 14.1. The van der Waals surface area contributed by atoms with Crippen molar-refractivity contribution >= 4 is 27.7 Å². The van der Waals surface area contributed by atoms with E-state index in [9.17, 15) is 13.2 Å². The molecule has 0 atom stereocenters. The standard InChI is InChI=1S/C23H37N5O3S2/c1-7-19(8-2)24-21(29)16-32-23-26-25-22(28(23)15-17(5)6)18-12-11-13-20(14-18)33(30,31)27(9-3)10-4/h11-14,17,19H,7-10,15-16H2,1-6H3,(H,24,29). The molecule has 0 bridgehead atoms. The van der Waals surface area contributed by atoms with E-state index < -0.39 is 10.0 Å². The molecule has 0 aliphatic carbocycles. The van der Waals surface area contributed by atoms with Crippen LogP contribution in [-0.2, 0) is 21.4 Å². The highest BCUT2D eigenvalue weighted by molar-refractivity contribution is 7.99. The quantitative estimate of drug-likeness (QED) is 0.422. The van der Waals surface area contributed by atoms with E-state index in [1.807, 2.05) is 24.5 Å². The van der Waals surface area contributed by atoms with E-state index >= 15 is 0 Å². The molecule has 2 aromatic rings. The molecule has 1 heterocycles. The maximum atomic E-state index is 13.0. The van der Waals surface area contributed by atoms with Gasteiger partial charge in [-0.05, 0) is 30.9 Å².